The van der Waals surface area contributed by atoms with E-state index in [0.717, 1.165) is 35.0 Å². The largest absolute Gasteiger partial charge is 0.496 e. The molecule has 0 fully saturated rings. The number of aryl methyl sites for hydroxylation is 1. The van der Waals surface area contributed by atoms with Crippen LogP contribution in [-0.2, 0) is 0 Å². The Hall–Kier alpha value is -2.23. The Labute approximate surface area is 112 Å². The van der Waals surface area contributed by atoms with E-state index < -0.39 is 0 Å². The predicted molar refractivity (Wildman–Crippen MR) is 73.8 cm³/mol. The van der Waals surface area contributed by atoms with Crippen molar-refractivity contribution in [2.24, 2.45) is 0 Å². The van der Waals surface area contributed by atoms with Crippen LogP contribution in [-0.4, -0.2) is 18.6 Å². The zero-order valence-electron chi connectivity index (χ0n) is 11.0. The van der Waals surface area contributed by atoms with Crippen molar-refractivity contribution in [2.45, 2.75) is 13.0 Å². The molecule has 1 aromatic carbocycles. The molecule has 0 saturated heterocycles. The van der Waals surface area contributed by atoms with Crippen LogP contribution < -0.4 is 14.8 Å². The first-order chi connectivity index (χ1) is 9.28. The van der Waals surface area contributed by atoms with Gasteiger partial charge in [-0.1, -0.05) is 6.07 Å². The lowest BCUT2D eigenvalue weighted by molar-refractivity contribution is 0.209. The molecule has 0 aliphatic carbocycles. The van der Waals surface area contributed by atoms with E-state index >= 15 is 0 Å². The first-order valence-electron chi connectivity index (χ1n) is 6.28. The molecule has 19 heavy (non-hydrogen) atoms. The highest BCUT2D eigenvalue weighted by Gasteiger charge is 2.21. The molecule has 4 heteroatoms. The molecule has 0 radical (unpaired) electrons. The van der Waals surface area contributed by atoms with Gasteiger partial charge in [0.05, 0.1) is 13.7 Å². The van der Waals surface area contributed by atoms with E-state index in [-0.39, 0.29) is 6.10 Å². The minimum Gasteiger partial charge on any atom is -0.496 e. The van der Waals surface area contributed by atoms with Crippen molar-refractivity contribution in [2.75, 3.05) is 19.0 Å². The number of fused-ring (bicyclic) bond motifs is 1. The Morgan fingerprint density at radius 3 is 3.05 bits per heavy atom. The number of benzene rings is 1. The van der Waals surface area contributed by atoms with Gasteiger partial charge in [0.1, 0.15) is 11.9 Å². The summed E-state index contributed by atoms with van der Waals surface area (Å²) in [5.41, 5.74) is 2.25. The third-order valence-electron chi connectivity index (χ3n) is 3.29. The lowest BCUT2D eigenvalue weighted by Crippen LogP contribution is -2.24. The SMILES string of the molecule is COc1ccc(C2CNc3ncccc3O2)cc1C. The van der Waals surface area contributed by atoms with Gasteiger partial charge in [0.2, 0.25) is 0 Å². The van der Waals surface area contributed by atoms with Crippen LogP contribution in [0.4, 0.5) is 5.82 Å². The van der Waals surface area contributed by atoms with Crippen molar-refractivity contribution < 1.29 is 9.47 Å². The molecule has 1 atom stereocenters. The standard InChI is InChI=1S/C15H16N2O2/c1-10-8-11(5-6-12(10)18-2)14-9-17-15-13(19-14)4-3-7-16-15/h3-8,14H,9H2,1-2H3,(H,16,17). The van der Waals surface area contributed by atoms with Crippen LogP contribution in [0.5, 0.6) is 11.5 Å². The molecule has 0 saturated carbocycles. The molecule has 4 nitrogen and oxygen atoms in total. The lowest BCUT2D eigenvalue weighted by Gasteiger charge is -2.27. The normalized spacial score (nSPS) is 17.1. The third kappa shape index (κ3) is 2.21. The minimum absolute atomic E-state index is 0.00121. The van der Waals surface area contributed by atoms with Gasteiger partial charge in [-0.2, -0.15) is 0 Å². The number of aromatic nitrogens is 1. The topological polar surface area (TPSA) is 43.4 Å². The van der Waals surface area contributed by atoms with E-state index in [1.54, 1.807) is 13.3 Å². The van der Waals surface area contributed by atoms with Crippen LogP contribution in [0.2, 0.25) is 0 Å². The fourth-order valence-corrected chi connectivity index (χ4v) is 2.29. The van der Waals surface area contributed by atoms with Gasteiger partial charge in [0, 0.05) is 6.20 Å². The summed E-state index contributed by atoms with van der Waals surface area (Å²) in [6, 6.07) is 9.93. The number of hydrogen-bond acceptors (Lipinski definition) is 4. The molecule has 2 heterocycles. The van der Waals surface area contributed by atoms with Crippen molar-refractivity contribution in [3.05, 3.63) is 47.7 Å². The van der Waals surface area contributed by atoms with Gasteiger partial charge in [-0.05, 0) is 42.3 Å². The number of nitrogens with one attached hydrogen (secondary N) is 1. The summed E-state index contributed by atoms with van der Waals surface area (Å²) in [7, 11) is 1.68. The second-order valence-electron chi connectivity index (χ2n) is 4.57. The molecule has 3 rings (SSSR count). The molecule has 0 spiro atoms. The molecular formula is C15H16N2O2. The summed E-state index contributed by atoms with van der Waals surface area (Å²) >= 11 is 0. The van der Waals surface area contributed by atoms with Gasteiger partial charge in [0.15, 0.2) is 11.6 Å². The summed E-state index contributed by atoms with van der Waals surface area (Å²) in [5, 5.41) is 3.29. The van der Waals surface area contributed by atoms with Crippen molar-refractivity contribution in [1.82, 2.24) is 4.98 Å². The quantitative estimate of drug-likeness (QED) is 0.897. The Kier molecular flexibility index (Phi) is 2.99. The van der Waals surface area contributed by atoms with Crippen LogP contribution in [0.3, 0.4) is 0 Å². The number of rotatable bonds is 2. The van der Waals surface area contributed by atoms with E-state index in [4.69, 9.17) is 9.47 Å². The Balaban J connectivity index is 1.87. The van der Waals surface area contributed by atoms with E-state index in [1.807, 2.05) is 31.2 Å². The Morgan fingerprint density at radius 1 is 1.37 bits per heavy atom. The van der Waals surface area contributed by atoms with Crippen molar-refractivity contribution >= 4 is 5.82 Å². The van der Waals surface area contributed by atoms with Gasteiger partial charge < -0.3 is 14.8 Å². The van der Waals surface area contributed by atoms with Gasteiger partial charge in [-0.15, -0.1) is 0 Å². The number of pyridine rings is 1. The van der Waals surface area contributed by atoms with Crippen molar-refractivity contribution in [3.63, 3.8) is 0 Å². The Bertz CT molecular complexity index is 598. The minimum atomic E-state index is 0.00121. The summed E-state index contributed by atoms with van der Waals surface area (Å²) in [4.78, 5) is 4.24. The zero-order valence-corrected chi connectivity index (χ0v) is 11.0. The molecule has 1 aliphatic heterocycles. The lowest BCUT2D eigenvalue weighted by atomic mass is 10.0. The average Bonchev–Trinajstić information content (AvgIpc) is 2.46. The first-order valence-corrected chi connectivity index (χ1v) is 6.28. The zero-order chi connectivity index (χ0) is 13.2. The van der Waals surface area contributed by atoms with Crippen LogP contribution >= 0.6 is 0 Å². The van der Waals surface area contributed by atoms with Crippen LogP contribution in [0, 0.1) is 6.92 Å². The second kappa shape index (κ2) is 4.80. The average molecular weight is 256 g/mol. The molecule has 0 amide bonds. The van der Waals surface area contributed by atoms with Gasteiger partial charge >= 0.3 is 0 Å². The van der Waals surface area contributed by atoms with Crippen LogP contribution in [0.1, 0.15) is 17.2 Å². The summed E-state index contributed by atoms with van der Waals surface area (Å²) in [5.74, 6) is 2.51. The molecule has 0 bridgehead atoms. The molecule has 1 aliphatic rings. The molecule has 2 aromatic rings. The maximum Gasteiger partial charge on any atom is 0.168 e. The second-order valence-corrected chi connectivity index (χ2v) is 4.57. The van der Waals surface area contributed by atoms with E-state index in [0.29, 0.717) is 0 Å². The third-order valence-corrected chi connectivity index (χ3v) is 3.29. The number of hydrogen-bond donors (Lipinski definition) is 1. The number of anilines is 1. The molecule has 1 aromatic heterocycles. The van der Waals surface area contributed by atoms with Gasteiger partial charge in [0.25, 0.3) is 0 Å². The van der Waals surface area contributed by atoms with Crippen molar-refractivity contribution in [3.8, 4) is 11.5 Å². The monoisotopic (exact) mass is 256 g/mol. The maximum atomic E-state index is 5.98. The molecule has 1 unspecified atom stereocenters. The number of nitrogens with zero attached hydrogens (tertiary/aromatic N) is 1. The molecule has 98 valence electrons. The summed E-state index contributed by atoms with van der Waals surface area (Å²) < 4.78 is 11.3. The van der Waals surface area contributed by atoms with Gasteiger partial charge in [-0.25, -0.2) is 4.98 Å². The van der Waals surface area contributed by atoms with Gasteiger partial charge in [-0.3, -0.25) is 0 Å². The van der Waals surface area contributed by atoms with Crippen LogP contribution in [0.25, 0.3) is 0 Å². The summed E-state index contributed by atoms with van der Waals surface area (Å²) in [6.07, 6.45) is 1.76. The number of methoxy groups -OCH3 is 1. The highest BCUT2D eigenvalue weighted by molar-refractivity contribution is 5.52. The van der Waals surface area contributed by atoms with E-state index in [2.05, 4.69) is 16.4 Å². The van der Waals surface area contributed by atoms with Crippen molar-refractivity contribution in [1.29, 1.82) is 0 Å². The molecule has 1 N–H and O–H groups in total. The fraction of sp³-hybridized carbons (Fsp3) is 0.267. The number of ether oxygens (including phenoxy) is 2. The highest BCUT2D eigenvalue weighted by Crippen LogP contribution is 2.33. The highest BCUT2D eigenvalue weighted by atomic mass is 16.5. The fourth-order valence-electron chi connectivity index (χ4n) is 2.29. The first kappa shape index (κ1) is 11.8. The van der Waals surface area contributed by atoms with E-state index in [1.165, 1.54) is 0 Å². The maximum absolute atomic E-state index is 5.98. The summed E-state index contributed by atoms with van der Waals surface area (Å²) in [6.45, 7) is 2.75. The predicted octanol–water partition coefficient (Wildman–Crippen LogP) is 2.94. The molecular weight excluding hydrogens is 240 g/mol. The van der Waals surface area contributed by atoms with E-state index in [9.17, 15) is 0 Å². The van der Waals surface area contributed by atoms with Crippen LogP contribution in [0.15, 0.2) is 36.5 Å². The smallest absolute Gasteiger partial charge is 0.168 e. The Morgan fingerprint density at radius 2 is 2.26 bits per heavy atom.